The molecule has 3 rings (SSSR count). The maximum absolute atomic E-state index is 13.0. The van der Waals surface area contributed by atoms with E-state index >= 15 is 0 Å². The van der Waals surface area contributed by atoms with Gasteiger partial charge in [-0.2, -0.15) is 4.31 Å². The normalized spacial score (nSPS) is 19.4. The zero-order chi connectivity index (χ0) is 24.9. The second-order valence-corrected chi connectivity index (χ2v) is 10.3. The van der Waals surface area contributed by atoms with E-state index in [1.54, 1.807) is 20.9 Å². The molecule has 0 radical (unpaired) electrons. The van der Waals surface area contributed by atoms with Crippen molar-refractivity contribution >= 4 is 28.0 Å². The SMILES string of the molecule is CCOC(=O)C1=C(COC(=O)c2ccc(S(=O)(=O)N(C)C3CCCCC3)cc2)NC(=O)N[C@H]1C. The molecule has 1 heterocycles. The second-order valence-electron chi connectivity index (χ2n) is 8.35. The first-order chi connectivity index (χ1) is 16.1. The molecular formula is C23H31N3O7S. The Labute approximate surface area is 199 Å². The summed E-state index contributed by atoms with van der Waals surface area (Å²) < 4.78 is 37.7. The molecule has 1 aliphatic carbocycles. The first kappa shape index (κ1) is 25.7. The molecule has 186 valence electrons. The molecule has 1 atom stereocenters. The zero-order valence-corrected chi connectivity index (χ0v) is 20.4. The highest BCUT2D eigenvalue weighted by atomic mass is 32.2. The lowest BCUT2D eigenvalue weighted by atomic mass is 9.96. The van der Waals surface area contributed by atoms with Crippen LogP contribution in [0.4, 0.5) is 4.79 Å². The smallest absolute Gasteiger partial charge is 0.338 e. The van der Waals surface area contributed by atoms with E-state index in [1.165, 1.54) is 28.6 Å². The lowest BCUT2D eigenvalue weighted by molar-refractivity contribution is -0.139. The van der Waals surface area contributed by atoms with Crippen LogP contribution in [0, 0.1) is 0 Å². The number of benzene rings is 1. The average Bonchev–Trinajstić information content (AvgIpc) is 2.82. The first-order valence-electron chi connectivity index (χ1n) is 11.4. The van der Waals surface area contributed by atoms with E-state index in [1.807, 2.05) is 0 Å². The van der Waals surface area contributed by atoms with Crippen molar-refractivity contribution in [1.82, 2.24) is 14.9 Å². The summed E-state index contributed by atoms with van der Waals surface area (Å²) in [5.74, 6) is -1.34. The third kappa shape index (κ3) is 5.76. The number of nitrogens with zero attached hydrogens (tertiary/aromatic N) is 1. The molecule has 11 heteroatoms. The minimum absolute atomic E-state index is 0.0205. The molecule has 2 N–H and O–H groups in total. The van der Waals surface area contributed by atoms with Gasteiger partial charge in [0.2, 0.25) is 10.0 Å². The molecule has 0 unspecified atom stereocenters. The van der Waals surface area contributed by atoms with E-state index in [2.05, 4.69) is 10.6 Å². The van der Waals surface area contributed by atoms with Gasteiger partial charge in [0.05, 0.1) is 34.4 Å². The number of carbonyl (C=O) groups is 3. The number of amides is 2. The number of rotatable bonds is 8. The van der Waals surface area contributed by atoms with Gasteiger partial charge in [-0.15, -0.1) is 0 Å². The van der Waals surface area contributed by atoms with Crippen LogP contribution in [0.1, 0.15) is 56.3 Å². The van der Waals surface area contributed by atoms with Crippen LogP contribution in [-0.2, 0) is 24.3 Å². The monoisotopic (exact) mass is 493 g/mol. The number of ether oxygens (including phenoxy) is 2. The van der Waals surface area contributed by atoms with Crippen LogP contribution < -0.4 is 10.6 Å². The topological polar surface area (TPSA) is 131 Å². The number of sulfonamides is 1. The summed E-state index contributed by atoms with van der Waals surface area (Å²) in [6.45, 7) is 3.08. The summed E-state index contributed by atoms with van der Waals surface area (Å²) >= 11 is 0. The molecule has 34 heavy (non-hydrogen) atoms. The van der Waals surface area contributed by atoms with Crippen molar-refractivity contribution in [3.05, 3.63) is 41.1 Å². The minimum Gasteiger partial charge on any atom is -0.463 e. The minimum atomic E-state index is -3.68. The molecule has 0 saturated heterocycles. The highest BCUT2D eigenvalue weighted by Crippen LogP contribution is 2.26. The molecule has 1 aliphatic heterocycles. The van der Waals surface area contributed by atoms with Gasteiger partial charge in [0.15, 0.2) is 0 Å². The molecule has 1 fully saturated rings. The fourth-order valence-electron chi connectivity index (χ4n) is 4.18. The summed E-state index contributed by atoms with van der Waals surface area (Å²) in [5, 5.41) is 5.04. The van der Waals surface area contributed by atoms with Gasteiger partial charge in [-0.3, -0.25) is 0 Å². The summed E-state index contributed by atoms with van der Waals surface area (Å²) in [5.41, 5.74) is 0.448. The molecule has 1 aromatic carbocycles. The lowest BCUT2D eigenvalue weighted by Crippen LogP contribution is -2.50. The van der Waals surface area contributed by atoms with Crippen molar-refractivity contribution in [2.75, 3.05) is 20.3 Å². The van der Waals surface area contributed by atoms with E-state index in [-0.39, 0.29) is 41.0 Å². The quantitative estimate of drug-likeness (QED) is 0.531. The van der Waals surface area contributed by atoms with Crippen molar-refractivity contribution in [2.24, 2.45) is 0 Å². The Morgan fingerprint density at radius 2 is 1.71 bits per heavy atom. The number of carbonyl (C=O) groups excluding carboxylic acids is 3. The first-order valence-corrected chi connectivity index (χ1v) is 12.8. The van der Waals surface area contributed by atoms with Crippen molar-refractivity contribution in [2.45, 2.75) is 62.9 Å². The molecule has 2 aliphatic rings. The molecule has 0 aromatic heterocycles. The zero-order valence-electron chi connectivity index (χ0n) is 19.6. The van der Waals surface area contributed by atoms with Gasteiger partial charge in [-0.25, -0.2) is 22.8 Å². The Kier molecular flexibility index (Phi) is 8.32. The molecule has 1 aromatic rings. The lowest BCUT2D eigenvalue weighted by Gasteiger charge is -2.30. The maximum Gasteiger partial charge on any atom is 0.338 e. The van der Waals surface area contributed by atoms with Gasteiger partial charge in [0, 0.05) is 13.1 Å². The Morgan fingerprint density at radius 3 is 2.32 bits per heavy atom. The van der Waals surface area contributed by atoms with Gasteiger partial charge in [-0.1, -0.05) is 19.3 Å². The van der Waals surface area contributed by atoms with Crippen LogP contribution in [-0.4, -0.2) is 63.0 Å². The third-order valence-corrected chi connectivity index (χ3v) is 7.99. The molecular weight excluding hydrogens is 462 g/mol. The summed E-state index contributed by atoms with van der Waals surface area (Å²) in [6, 6.07) is 4.36. The molecule has 0 bridgehead atoms. The van der Waals surface area contributed by atoms with Gasteiger partial charge in [-0.05, 0) is 51.0 Å². The van der Waals surface area contributed by atoms with Gasteiger partial charge < -0.3 is 20.1 Å². The van der Waals surface area contributed by atoms with Crippen LogP contribution in [0.5, 0.6) is 0 Å². The molecule has 1 saturated carbocycles. The fraction of sp³-hybridized carbons (Fsp3) is 0.522. The number of urea groups is 1. The average molecular weight is 494 g/mol. The van der Waals surface area contributed by atoms with Crippen LogP contribution in [0.25, 0.3) is 0 Å². The Morgan fingerprint density at radius 1 is 1.06 bits per heavy atom. The highest BCUT2D eigenvalue weighted by molar-refractivity contribution is 7.89. The third-order valence-electron chi connectivity index (χ3n) is 6.07. The van der Waals surface area contributed by atoms with E-state index in [9.17, 15) is 22.8 Å². The van der Waals surface area contributed by atoms with Crippen molar-refractivity contribution < 1.29 is 32.3 Å². The summed E-state index contributed by atoms with van der Waals surface area (Å²) in [6.07, 6.45) is 4.83. The molecule has 2 amide bonds. The number of hydrogen-bond donors (Lipinski definition) is 2. The predicted octanol–water partition coefficient (Wildman–Crippen LogP) is 2.32. The predicted molar refractivity (Wildman–Crippen MR) is 123 cm³/mol. The van der Waals surface area contributed by atoms with Gasteiger partial charge in [0.1, 0.15) is 6.61 Å². The number of esters is 2. The summed E-state index contributed by atoms with van der Waals surface area (Å²) in [7, 11) is -2.08. The Balaban J connectivity index is 1.70. The van der Waals surface area contributed by atoms with Crippen molar-refractivity contribution in [3.8, 4) is 0 Å². The van der Waals surface area contributed by atoms with Crippen molar-refractivity contribution in [3.63, 3.8) is 0 Å². The van der Waals surface area contributed by atoms with Gasteiger partial charge >= 0.3 is 18.0 Å². The van der Waals surface area contributed by atoms with E-state index in [0.29, 0.717) is 0 Å². The Hall–Kier alpha value is -2.92. The number of nitrogens with one attached hydrogen (secondary N) is 2. The molecule has 10 nitrogen and oxygen atoms in total. The van der Waals surface area contributed by atoms with E-state index in [0.717, 1.165) is 32.1 Å². The maximum atomic E-state index is 13.0. The second kappa shape index (κ2) is 11.0. The molecule has 0 spiro atoms. The standard InChI is InChI=1S/C23H31N3O7S/c1-4-32-22(28)20-15(2)24-23(29)25-19(20)14-33-21(27)16-10-12-18(13-11-16)34(30,31)26(3)17-8-6-5-7-9-17/h10-13,15,17H,4-9,14H2,1-3H3,(H2,24,25,29)/t15-/m0/s1. The van der Waals surface area contributed by atoms with Gasteiger partial charge in [0.25, 0.3) is 0 Å². The fourth-order valence-corrected chi connectivity index (χ4v) is 5.60. The number of hydrogen-bond acceptors (Lipinski definition) is 7. The largest absolute Gasteiger partial charge is 0.463 e. The van der Waals surface area contributed by atoms with Crippen LogP contribution in [0.3, 0.4) is 0 Å². The van der Waals surface area contributed by atoms with E-state index < -0.39 is 34.0 Å². The van der Waals surface area contributed by atoms with Crippen LogP contribution in [0.15, 0.2) is 40.4 Å². The van der Waals surface area contributed by atoms with Crippen LogP contribution >= 0.6 is 0 Å². The highest BCUT2D eigenvalue weighted by Gasteiger charge is 2.31. The summed E-state index contributed by atoms with van der Waals surface area (Å²) in [4.78, 5) is 36.7. The van der Waals surface area contributed by atoms with Crippen molar-refractivity contribution in [1.29, 1.82) is 0 Å². The van der Waals surface area contributed by atoms with Crippen LogP contribution in [0.2, 0.25) is 0 Å². The Bertz CT molecular complexity index is 1060. The van der Waals surface area contributed by atoms with E-state index in [4.69, 9.17) is 9.47 Å².